The summed E-state index contributed by atoms with van der Waals surface area (Å²) in [7, 11) is 4.64. The Bertz CT molecular complexity index is 594. The molecule has 0 fully saturated rings. The van der Waals surface area contributed by atoms with E-state index in [1.807, 2.05) is 19.1 Å². The molecule has 1 aromatic rings. The monoisotopic (exact) mass is 390 g/mol. The Morgan fingerprint density at radius 2 is 1.93 bits per heavy atom. The highest BCUT2D eigenvalue weighted by molar-refractivity contribution is 5.79. The van der Waals surface area contributed by atoms with Crippen LogP contribution in [0.15, 0.2) is 23.2 Å². The molecule has 0 unspecified atom stereocenters. The third-order valence-corrected chi connectivity index (χ3v) is 3.70. The summed E-state index contributed by atoms with van der Waals surface area (Å²) in [5.41, 5.74) is 0.903. The van der Waals surface area contributed by atoms with Crippen LogP contribution in [0.25, 0.3) is 0 Å². The smallest absolute Gasteiger partial charge is 0.401 e. The third kappa shape index (κ3) is 9.37. The number of alkyl halides is 3. The van der Waals surface area contributed by atoms with Gasteiger partial charge in [0, 0.05) is 24.7 Å². The number of halogens is 3. The van der Waals surface area contributed by atoms with Crippen molar-refractivity contribution in [3.63, 3.8) is 0 Å². The first kappa shape index (κ1) is 22.9. The quantitative estimate of drug-likeness (QED) is 0.365. The van der Waals surface area contributed by atoms with Gasteiger partial charge >= 0.3 is 6.18 Å². The minimum atomic E-state index is -4.17. The van der Waals surface area contributed by atoms with Crippen LogP contribution < -0.4 is 20.1 Å². The van der Waals surface area contributed by atoms with Crippen LogP contribution in [-0.2, 0) is 6.54 Å². The Balaban J connectivity index is 2.55. The number of guanidine groups is 1. The van der Waals surface area contributed by atoms with E-state index in [2.05, 4.69) is 15.6 Å². The molecule has 154 valence electrons. The third-order valence-electron chi connectivity index (χ3n) is 3.70. The molecule has 0 saturated carbocycles. The van der Waals surface area contributed by atoms with Gasteiger partial charge in [-0.05, 0) is 39.1 Å². The van der Waals surface area contributed by atoms with Crippen molar-refractivity contribution in [1.82, 2.24) is 15.5 Å². The number of nitrogens with one attached hydrogen (secondary N) is 2. The van der Waals surface area contributed by atoms with Crippen molar-refractivity contribution in [1.29, 1.82) is 0 Å². The van der Waals surface area contributed by atoms with Crippen molar-refractivity contribution in [2.75, 3.05) is 47.4 Å². The minimum Gasteiger partial charge on any atom is -0.497 e. The number of hydrogen-bond acceptors (Lipinski definition) is 4. The summed E-state index contributed by atoms with van der Waals surface area (Å²) < 4.78 is 47.5. The summed E-state index contributed by atoms with van der Waals surface area (Å²) in [4.78, 5) is 5.76. The van der Waals surface area contributed by atoms with Gasteiger partial charge < -0.3 is 20.1 Å². The summed E-state index contributed by atoms with van der Waals surface area (Å²) in [6.07, 6.45) is -3.60. The van der Waals surface area contributed by atoms with Gasteiger partial charge in [-0.1, -0.05) is 0 Å². The summed E-state index contributed by atoms with van der Waals surface area (Å²) in [5, 5.41) is 6.25. The van der Waals surface area contributed by atoms with Gasteiger partial charge in [-0.25, -0.2) is 4.99 Å². The first-order valence-corrected chi connectivity index (χ1v) is 8.77. The van der Waals surface area contributed by atoms with Gasteiger partial charge in [-0.3, -0.25) is 4.90 Å². The maximum atomic E-state index is 12.3. The molecule has 0 aliphatic heterocycles. The van der Waals surface area contributed by atoms with Crippen LogP contribution in [0.5, 0.6) is 11.5 Å². The fourth-order valence-corrected chi connectivity index (χ4v) is 2.43. The SMILES string of the molecule is CCNC(=NCc1ccc(OC)cc1OC)NCCCN(C)CC(F)(F)F. The van der Waals surface area contributed by atoms with Gasteiger partial charge in [0.25, 0.3) is 0 Å². The van der Waals surface area contributed by atoms with Crippen LogP contribution in [0.2, 0.25) is 0 Å². The van der Waals surface area contributed by atoms with Crippen LogP contribution in [0.1, 0.15) is 18.9 Å². The van der Waals surface area contributed by atoms with Crippen LogP contribution in [0, 0.1) is 0 Å². The van der Waals surface area contributed by atoms with Crippen molar-refractivity contribution in [2.45, 2.75) is 26.1 Å². The molecule has 0 bridgehead atoms. The molecule has 1 aromatic carbocycles. The number of ether oxygens (including phenoxy) is 2. The van der Waals surface area contributed by atoms with Crippen LogP contribution in [0.3, 0.4) is 0 Å². The van der Waals surface area contributed by atoms with E-state index in [1.165, 1.54) is 11.9 Å². The fraction of sp³-hybridized carbons (Fsp3) is 0.611. The second kappa shape index (κ2) is 11.5. The zero-order chi connectivity index (χ0) is 20.3. The largest absolute Gasteiger partial charge is 0.497 e. The lowest BCUT2D eigenvalue weighted by atomic mass is 10.2. The van der Waals surface area contributed by atoms with Crippen LogP contribution >= 0.6 is 0 Å². The lowest BCUT2D eigenvalue weighted by Gasteiger charge is -2.19. The Kier molecular flexibility index (Phi) is 9.77. The molecular formula is C18H29F3N4O2. The molecule has 6 nitrogen and oxygen atoms in total. The molecule has 0 aliphatic carbocycles. The zero-order valence-electron chi connectivity index (χ0n) is 16.3. The van der Waals surface area contributed by atoms with Gasteiger partial charge in [0.05, 0.1) is 27.3 Å². The molecular weight excluding hydrogens is 361 g/mol. The van der Waals surface area contributed by atoms with Gasteiger partial charge in [-0.2, -0.15) is 13.2 Å². The van der Waals surface area contributed by atoms with Gasteiger partial charge in [-0.15, -0.1) is 0 Å². The lowest BCUT2D eigenvalue weighted by Crippen LogP contribution is -2.39. The summed E-state index contributed by atoms with van der Waals surface area (Å²) in [6.45, 7) is 2.99. The highest BCUT2D eigenvalue weighted by Gasteiger charge is 2.28. The number of benzene rings is 1. The fourth-order valence-electron chi connectivity index (χ4n) is 2.43. The molecule has 0 atom stereocenters. The second-order valence-electron chi connectivity index (χ2n) is 6.01. The van der Waals surface area contributed by atoms with E-state index in [0.29, 0.717) is 50.1 Å². The Labute approximate surface area is 158 Å². The Morgan fingerprint density at radius 1 is 1.19 bits per heavy atom. The zero-order valence-corrected chi connectivity index (χ0v) is 16.3. The maximum absolute atomic E-state index is 12.3. The highest BCUT2D eigenvalue weighted by Crippen LogP contribution is 2.25. The van der Waals surface area contributed by atoms with Crippen molar-refractivity contribution in [3.8, 4) is 11.5 Å². The average Bonchev–Trinajstić information content (AvgIpc) is 2.61. The van der Waals surface area contributed by atoms with E-state index in [0.717, 1.165) is 5.56 Å². The number of nitrogens with zero attached hydrogens (tertiary/aromatic N) is 2. The predicted molar refractivity (Wildman–Crippen MR) is 101 cm³/mol. The predicted octanol–water partition coefficient (Wildman–Crippen LogP) is 2.64. The van der Waals surface area contributed by atoms with E-state index in [1.54, 1.807) is 20.3 Å². The molecule has 0 aliphatic rings. The topological polar surface area (TPSA) is 58.1 Å². The van der Waals surface area contributed by atoms with E-state index in [4.69, 9.17) is 9.47 Å². The molecule has 0 radical (unpaired) electrons. The first-order valence-electron chi connectivity index (χ1n) is 8.77. The highest BCUT2D eigenvalue weighted by atomic mass is 19.4. The molecule has 0 amide bonds. The van der Waals surface area contributed by atoms with Crippen molar-refractivity contribution in [2.24, 2.45) is 4.99 Å². The summed E-state index contributed by atoms with van der Waals surface area (Å²) >= 11 is 0. The number of hydrogen-bond donors (Lipinski definition) is 2. The molecule has 27 heavy (non-hydrogen) atoms. The van der Waals surface area contributed by atoms with E-state index in [-0.39, 0.29) is 0 Å². The standard InChI is InChI=1S/C18H29F3N4O2/c1-5-22-17(23-9-6-10-25(2)13-18(19,20)21)24-12-14-7-8-15(26-3)11-16(14)27-4/h7-8,11H,5-6,9-10,12-13H2,1-4H3,(H2,22,23,24). The van der Waals surface area contributed by atoms with Crippen molar-refractivity contribution in [3.05, 3.63) is 23.8 Å². The molecule has 0 heterocycles. The average molecular weight is 390 g/mol. The van der Waals surface area contributed by atoms with Gasteiger partial charge in [0.2, 0.25) is 0 Å². The van der Waals surface area contributed by atoms with Crippen LogP contribution in [-0.4, -0.2) is 64.5 Å². The molecule has 0 spiro atoms. The molecule has 9 heteroatoms. The number of rotatable bonds is 10. The molecule has 0 aromatic heterocycles. The summed E-state index contributed by atoms with van der Waals surface area (Å²) in [5.74, 6) is 1.99. The Morgan fingerprint density at radius 3 is 2.52 bits per heavy atom. The van der Waals surface area contributed by atoms with Gasteiger partial charge in [0.1, 0.15) is 11.5 Å². The van der Waals surface area contributed by atoms with E-state index < -0.39 is 12.7 Å². The minimum absolute atomic E-state index is 0.345. The van der Waals surface area contributed by atoms with E-state index >= 15 is 0 Å². The van der Waals surface area contributed by atoms with Gasteiger partial charge in [0.15, 0.2) is 5.96 Å². The number of methoxy groups -OCH3 is 2. The molecule has 2 N–H and O–H groups in total. The summed E-state index contributed by atoms with van der Waals surface area (Å²) in [6, 6.07) is 5.52. The lowest BCUT2D eigenvalue weighted by molar-refractivity contribution is -0.143. The first-order chi connectivity index (χ1) is 12.8. The maximum Gasteiger partial charge on any atom is 0.401 e. The number of aliphatic imine (C=N–C) groups is 1. The van der Waals surface area contributed by atoms with Crippen LogP contribution in [0.4, 0.5) is 13.2 Å². The molecule has 1 rings (SSSR count). The van der Waals surface area contributed by atoms with E-state index in [9.17, 15) is 13.2 Å². The molecule has 0 saturated heterocycles. The Hall–Kier alpha value is -2.16. The second-order valence-corrected chi connectivity index (χ2v) is 6.01. The van der Waals surface area contributed by atoms with Crippen molar-refractivity contribution >= 4 is 5.96 Å². The van der Waals surface area contributed by atoms with Crippen molar-refractivity contribution < 1.29 is 22.6 Å². The normalized spacial score (nSPS) is 12.2.